The van der Waals surface area contributed by atoms with E-state index < -0.39 is 28.6 Å². The molecule has 1 aromatic carbocycles. The van der Waals surface area contributed by atoms with Gasteiger partial charge >= 0.3 is 5.97 Å². The molecule has 1 aromatic rings. The SMILES string of the molecule is CCOC(=O)C(CO)NS(=O)(=O)c1ccc(C)cc1. The number of aryl methyl sites for hydroxylation is 1. The topological polar surface area (TPSA) is 92.7 Å². The molecule has 106 valence electrons. The number of ether oxygens (including phenoxy) is 1. The zero-order chi connectivity index (χ0) is 14.5. The highest BCUT2D eigenvalue weighted by molar-refractivity contribution is 7.89. The normalized spacial score (nSPS) is 13.0. The van der Waals surface area contributed by atoms with Gasteiger partial charge in [-0.05, 0) is 26.0 Å². The molecule has 19 heavy (non-hydrogen) atoms. The van der Waals surface area contributed by atoms with Gasteiger partial charge in [0, 0.05) is 0 Å². The lowest BCUT2D eigenvalue weighted by atomic mass is 10.2. The number of sulfonamides is 1. The minimum Gasteiger partial charge on any atom is -0.465 e. The summed E-state index contributed by atoms with van der Waals surface area (Å²) in [6, 6.07) is 4.85. The van der Waals surface area contributed by atoms with Crippen LogP contribution in [0.4, 0.5) is 0 Å². The van der Waals surface area contributed by atoms with E-state index in [2.05, 4.69) is 9.46 Å². The summed E-state index contributed by atoms with van der Waals surface area (Å²) in [6.45, 7) is 2.88. The molecule has 0 spiro atoms. The van der Waals surface area contributed by atoms with E-state index in [1.807, 2.05) is 6.92 Å². The number of benzene rings is 1. The fraction of sp³-hybridized carbons (Fsp3) is 0.417. The van der Waals surface area contributed by atoms with Crippen LogP contribution >= 0.6 is 0 Å². The molecule has 0 amide bonds. The van der Waals surface area contributed by atoms with E-state index in [0.29, 0.717) is 0 Å². The van der Waals surface area contributed by atoms with Gasteiger partial charge in [0.25, 0.3) is 0 Å². The summed E-state index contributed by atoms with van der Waals surface area (Å²) in [4.78, 5) is 11.5. The molecule has 0 aliphatic rings. The standard InChI is InChI=1S/C12H17NO5S/c1-3-18-12(15)11(8-14)13-19(16,17)10-6-4-9(2)5-7-10/h4-7,11,13-14H,3,8H2,1-2H3. The van der Waals surface area contributed by atoms with Crippen molar-refractivity contribution in [1.82, 2.24) is 4.72 Å². The quantitative estimate of drug-likeness (QED) is 0.729. The highest BCUT2D eigenvalue weighted by atomic mass is 32.2. The Bertz CT molecular complexity index is 524. The Morgan fingerprint density at radius 1 is 1.37 bits per heavy atom. The monoisotopic (exact) mass is 287 g/mol. The molecule has 0 aliphatic heterocycles. The predicted octanol–water partition coefficient (Wildman–Crippen LogP) is 0.197. The zero-order valence-corrected chi connectivity index (χ0v) is 11.6. The lowest BCUT2D eigenvalue weighted by Gasteiger charge is -2.15. The Balaban J connectivity index is 2.89. The van der Waals surface area contributed by atoms with Crippen LogP contribution in [0.5, 0.6) is 0 Å². The molecule has 0 aliphatic carbocycles. The Kier molecular flexibility index (Phi) is 5.46. The van der Waals surface area contributed by atoms with Crippen LogP contribution in [0.2, 0.25) is 0 Å². The number of esters is 1. The van der Waals surface area contributed by atoms with E-state index in [-0.39, 0.29) is 11.5 Å². The molecule has 7 heteroatoms. The highest BCUT2D eigenvalue weighted by Gasteiger charge is 2.25. The average Bonchev–Trinajstić information content (AvgIpc) is 2.36. The van der Waals surface area contributed by atoms with Crippen LogP contribution < -0.4 is 4.72 Å². The Morgan fingerprint density at radius 2 is 1.95 bits per heavy atom. The first kappa shape index (κ1) is 15.6. The third-order valence-corrected chi connectivity index (χ3v) is 3.87. The molecule has 1 rings (SSSR count). The van der Waals surface area contributed by atoms with Gasteiger partial charge in [0.1, 0.15) is 6.04 Å². The van der Waals surface area contributed by atoms with Crippen molar-refractivity contribution in [3.05, 3.63) is 29.8 Å². The second-order valence-corrected chi connectivity index (χ2v) is 5.64. The van der Waals surface area contributed by atoms with Gasteiger partial charge in [-0.3, -0.25) is 4.79 Å². The molecule has 0 saturated heterocycles. The lowest BCUT2D eigenvalue weighted by Crippen LogP contribution is -2.44. The third-order valence-electron chi connectivity index (χ3n) is 2.38. The van der Waals surface area contributed by atoms with Gasteiger partial charge in [-0.2, -0.15) is 4.72 Å². The molecule has 6 nitrogen and oxygen atoms in total. The minimum absolute atomic E-state index is 0.0286. The van der Waals surface area contributed by atoms with Gasteiger partial charge in [-0.1, -0.05) is 17.7 Å². The van der Waals surface area contributed by atoms with Crippen LogP contribution in [-0.2, 0) is 19.6 Å². The number of carbonyl (C=O) groups is 1. The van der Waals surface area contributed by atoms with Gasteiger partial charge in [0.15, 0.2) is 0 Å². The summed E-state index contributed by atoms with van der Waals surface area (Å²) >= 11 is 0. The summed E-state index contributed by atoms with van der Waals surface area (Å²) in [6.07, 6.45) is 0. The fourth-order valence-corrected chi connectivity index (χ4v) is 2.55. The van der Waals surface area contributed by atoms with Gasteiger partial charge in [-0.25, -0.2) is 8.42 Å². The molecule has 0 fully saturated rings. The van der Waals surface area contributed by atoms with Crippen LogP contribution in [0.3, 0.4) is 0 Å². The van der Waals surface area contributed by atoms with Crippen LogP contribution in [0.1, 0.15) is 12.5 Å². The van der Waals surface area contributed by atoms with Gasteiger partial charge < -0.3 is 9.84 Å². The van der Waals surface area contributed by atoms with Crippen molar-refractivity contribution in [3.8, 4) is 0 Å². The maximum absolute atomic E-state index is 12.0. The van der Waals surface area contributed by atoms with Crippen molar-refractivity contribution in [3.63, 3.8) is 0 Å². The predicted molar refractivity (Wildman–Crippen MR) is 69.0 cm³/mol. The molecule has 0 aromatic heterocycles. The third kappa shape index (κ3) is 4.30. The molecule has 0 heterocycles. The van der Waals surface area contributed by atoms with E-state index in [1.54, 1.807) is 19.1 Å². The Hall–Kier alpha value is -1.44. The van der Waals surface area contributed by atoms with Crippen molar-refractivity contribution < 1.29 is 23.1 Å². The van der Waals surface area contributed by atoms with Crippen molar-refractivity contribution in [2.75, 3.05) is 13.2 Å². The molecular formula is C12H17NO5S. The smallest absolute Gasteiger partial charge is 0.326 e. The van der Waals surface area contributed by atoms with Crippen LogP contribution in [0.15, 0.2) is 29.2 Å². The molecular weight excluding hydrogens is 270 g/mol. The Labute approximate surface area is 112 Å². The second-order valence-electron chi connectivity index (χ2n) is 3.92. The molecule has 0 bridgehead atoms. The number of aliphatic hydroxyl groups excluding tert-OH is 1. The number of nitrogens with one attached hydrogen (secondary N) is 1. The van der Waals surface area contributed by atoms with E-state index in [4.69, 9.17) is 5.11 Å². The van der Waals surface area contributed by atoms with Crippen LogP contribution in [-0.4, -0.2) is 38.7 Å². The number of carbonyl (C=O) groups excluding carboxylic acids is 1. The van der Waals surface area contributed by atoms with Crippen LogP contribution in [0, 0.1) is 6.92 Å². The van der Waals surface area contributed by atoms with E-state index in [1.165, 1.54) is 12.1 Å². The Morgan fingerprint density at radius 3 is 2.42 bits per heavy atom. The van der Waals surface area contributed by atoms with Crippen molar-refractivity contribution in [2.24, 2.45) is 0 Å². The van der Waals surface area contributed by atoms with Crippen molar-refractivity contribution >= 4 is 16.0 Å². The van der Waals surface area contributed by atoms with Gasteiger partial charge in [0.2, 0.25) is 10.0 Å². The summed E-state index contributed by atoms with van der Waals surface area (Å²) in [5, 5.41) is 9.05. The highest BCUT2D eigenvalue weighted by Crippen LogP contribution is 2.10. The number of rotatable bonds is 6. The fourth-order valence-electron chi connectivity index (χ4n) is 1.38. The zero-order valence-electron chi connectivity index (χ0n) is 10.8. The lowest BCUT2D eigenvalue weighted by molar-refractivity contribution is -0.146. The number of hydrogen-bond donors (Lipinski definition) is 2. The first-order valence-electron chi connectivity index (χ1n) is 5.77. The second kappa shape index (κ2) is 6.65. The summed E-state index contributed by atoms with van der Waals surface area (Å²) < 4.78 is 30.8. The van der Waals surface area contributed by atoms with E-state index in [9.17, 15) is 13.2 Å². The first-order valence-corrected chi connectivity index (χ1v) is 7.25. The molecule has 1 atom stereocenters. The molecule has 1 unspecified atom stereocenters. The summed E-state index contributed by atoms with van der Waals surface area (Å²) in [5.74, 6) is -0.805. The van der Waals surface area contributed by atoms with Crippen molar-refractivity contribution in [1.29, 1.82) is 0 Å². The van der Waals surface area contributed by atoms with E-state index in [0.717, 1.165) is 5.56 Å². The largest absolute Gasteiger partial charge is 0.465 e. The molecule has 0 saturated carbocycles. The van der Waals surface area contributed by atoms with Crippen molar-refractivity contribution in [2.45, 2.75) is 24.8 Å². The van der Waals surface area contributed by atoms with E-state index >= 15 is 0 Å². The molecule has 0 radical (unpaired) electrons. The maximum atomic E-state index is 12.0. The summed E-state index contributed by atoms with van der Waals surface area (Å²) in [7, 11) is -3.86. The molecule has 2 N–H and O–H groups in total. The summed E-state index contributed by atoms with van der Waals surface area (Å²) in [5.41, 5.74) is 0.919. The number of hydrogen-bond acceptors (Lipinski definition) is 5. The first-order chi connectivity index (χ1) is 8.90. The minimum atomic E-state index is -3.86. The number of aliphatic hydroxyl groups is 1. The van der Waals surface area contributed by atoms with Gasteiger partial charge in [0.05, 0.1) is 18.1 Å². The van der Waals surface area contributed by atoms with Crippen LogP contribution in [0.25, 0.3) is 0 Å². The van der Waals surface area contributed by atoms with Gasteiger partial charge in [-0.15, -0.1) is 0 Å². The maximum Gasteiger partial charge on any atom is 0.326 e. The average molecular weight is 287 g/mol.